The van der Waals surface area contributed by atoms with Gasteiger partial charge in [-0.1, -0.05) is 150 Å². The standard InChI is InChI=1S/C52H87NO7/c1-6-8-10-12-14-16-18-20-22-24-25-27-29-31-33-35-37-39-41-43-51(55)60-48(46-58-45-44-49(52(56)57)53(3,4)5)47-59-50(54)42-40-38-36-34-32-30-28-26-23-21-19-17-15-13-11-9-7-2/h8,10,14-17,20-23,25,27,31,33,48-49H,6-7,9,11-13,18-19,24,26,28-30,32,34-47H2,1-5H3/b10-8+,16-14+,17-15+,22-20+,23-21+,27-25+,33-31+. The minimum absolute atomic E-state index is 0.0198. The molecule has 2 atom stereocenters. The van der Waals surface area contributed by atoms with Gasteiger partial charge in [0.15, 0.2) is 6.10 Å². The molecule has 0 aliphatic rings. The molecule has 0 aromatic rings. The summed E-state index contributed by atoms with van der Waals surface area (Å²) in [5.74, 6) is -1.80. The molecule has 8 heteroatoms. The van der Waals surface area contributed by atoms with Crippen LogP contribution in [-0.2, 0) is 28.6 Å². The predicted octanol–water partition coefficient (Wildman–Crippen LogP) is 12.0. The molecule has 0 aliphatic heterocycles. The number of hydrogen-bond donors (Lipinski definition) is 0. The Morgan fingerprint density at radius 1 is 0.517 bits per heavy atom. The maximum atomic E-state index is 12.7. The molecule has 2 unspecified atom stereocenters. The molecule has 0 saturated heterocycles. The number of allylic oxidation sites excluding steroid dienone is 14. The van der Waals surface area contributed by atoms with Gasteiger partial charge in [0, 0.05) is 19.3 Å². The van der Waals surface area contributed by atoms with Crippen LogP contribution in [0, 0.1) is 0 Å². The summed E-state index contributed by atoms with van der Waals surface area (Å²) in [4.78, 5) is 36.9. The van der Waals surface area contributed by atoms with Crippen molar-refractivity contribution in [1.82, 2.24) is 0 Å². The Kier molecular flexibility index (Phi) is 39.8. The zero-order chi connectivity index (χ0) is 44.2. The van der Waals surface area contributed by atoms with E-state index in [4.69, 9.17) is 14.2 Å². The van der Waals surface area contributed by atoms with Crippen LogP contribution in [-0.4, -0.2) is 75.5 Å². The van der Waals surface area contributed by atoms with Crippen LogP contribution >= 0.6 is 0 Å². The molecule has 0 aromatic heterocycles. The van der Waals surface area contributed by atoms with Crippen molar-refractivity contribution >= 4 is 17.9 Å². The number of ether oxygens (including phenoxy) is 3. The van der Waals surface area contributed by atoms with E-state index in [1.807, 2.05) is 0 Å². The third kappa shape index (κ3) is 39.9. The molecule has 0 rings (SSSR count). The second-order valence-electron chi connectivity index (χ2n) is 16.6. The van der Waals surface area contributed by atoms with Gasteiger partial charge in [0.05, 0.1) is 40.3 Å². The molecule has 0 spiro atoms. The minimum atomic E-state index is -1.14. The van der Waals surface area contributed by atoms with Crippen LogP contribution in [0.4, 0.5) is 0 Å². The summed E-state index contributed by atoms with van der Waals surface area (Å²) in [7, 11) is 5.39. The molecule has 60 heavy (non-hydrogen) atoms. The Hall–Kier alpha value is -3.49. The molecular weight excluding hydrogens is 751 g/mol. The van der Waals surface area contributed by atoms with E-state index in [1.54, 1.807) is 21.1 Å². The number of esters is 2. The highest BCUT2D eigenvalue weighted by Crippen LogP contribution is 2.13. The zero-order valence-corrected chi connectivity index (χ0v) is 38.8. The van der Waals surface area contributed by atoms with Crippen molar-refractivity contribution in [2.45, 2.75) is 187 Å². The van der Waals surface area contributed by atoms with Crippen LogP contribution in [0.1, 0.15) is 174 Å². The Bertz CT molecular complexity index is 1250. The SMILES string of the molecule is CC/C=C/C/C=C/C/C=C/C/C=C/C/C=C/CCCCCC(=O)OC(COCCC(C(=O)[O-])[N+](C)(C)C)COC(=O)CCCCCCCCC/C=C/C/C=C/CCCCC. The van der Waals surface area contributed by atoms with Gasteiger partial charge < -0.3 is 28.6 Å². The summed E-state index contributed by atoms with van der Waals surface area (Å²) >= 11 is 0. The van der Waals surface area contributed by atoms with Gasteiger partial charge in [-0.15, -0.1) is 0 Å². The lowest BCUT2D eigenvalue weighted by Crippen LogP contribution is -2.55. The first-order valence-electron chi connectivity index (χ1n) is 23.6. The number of rotatable bonds is 41. The molecule has 0 radical (unpaired) electrons. The average molecular weight is 838 g/mol. The number of nitrogens with zero attached hydrogens (tertiary/aromatic N) is 1. The highest BCUT2D eigenvalue weighted by Gasteiger charge is 2.25. The second kappa shape index (κ2) is 42.2. The smallest absolute Gasteiger partial charge is 0.306 e. The van der Waals surface area contributed by atoms with Gasteiger partial charge in [-0.25, -0.2) is 0 Å². The van der Waals surface area contributed by atoms with E-state index in [9.17, 15) is 19.5 Å². The molecule has 0 amide bonds. The number of unbranched alkanes of at least 4 members (excludes halogenated alkanes) is 13. The quantitative estimate of drug-likeness (QED) is 0.0261. The van der Waals surface area contributed by atoms with Gasteiger partial charge in [-0.05, 0) is 89.9 Å². The summed E-state index contributed by atoms with van der Waals surface area (Å²) in [6.07, 6.45) is 54.6. The molecule has 0 saturated carbocycles. The summed E-state index contributed by atoms with van der Waals surface area (Å²) in [6, 6.07) is -0.738. The Morgan fingerprint density at radius 2 is 0.933 bits per heavy atom. The van der Waals surface area contributed by atoms with Gasteiger partial charge >= 0.3 is 11.9 Å². The van der Waals surface area contributed by atoms with Crippen molar-refractivity contribution in [3.05, 3.63) is 85.1 Å². The monoisotopic (exact) mass is 838 g/mol. The molecule has 342 valence electrons. The van der Waals surface area contributed by atoms with Crippen LogP contribution in [0.2, 0.25) is 0 Å². The van der Waals surface area contributed by atoms with Crippen LogP contribution in [0.15, 0.2) is 85.1 Å². The number of carboxylic acids is 1. The summed E-state index contributed by atoms with van der Waals surface area (Å²) in [6.45, 7) is 4.47. The lowest BCUT2D eigenvalue weighted by Gasteiger charge is -2.34. The molecule has 0 aliphatic carbocycles. The van der Waals surface area contributed by atoms with Crippen LogP contribution in [0.5, 0.6) is 0 Å². The largest absolute Gasteiger partial charge is 0.544 e. The van der Waals surface area contributed by atoms with E-state index in [2.05, 4.69) is 98.9 Å². The third-order valence-electron chi connectivity index (χ3n) is 10.0. The second-order valence-corrected chi connectivity index (χ2v) is 16.6. The lowest BCUT2D eigenvalue weighted by atomic mass is 10.1. The number of carbonyl (C=O) groups excluding carboxylic acids is 3. The molecule has 0 aromatic carbocycles. The summed E-state index contributed by atoms with van der Waals surface area (Å²) in [5.41, 5.74) is 0. The van der Waals surface area contributed by atoms with Gasteiger partial charge in [-0.2, -0.15) is 0 Å². The summed E-state index contributed by atoms with van der Waals surface area (Å²) in [5, 5.41) is 11.6. The molecule has 0 bridgehead atoms. The third-order valence-corrected chi connectivity index (χ3v) is 10.0. The molecule has 0 N–H and O–H groups in total. The first-order valence-corrected chi connectivity index (χ1v) is 23.6. The number of aliphatic carboxylic acids is 1. The van der Waals surface area contributed by atoms with Crippen molar-refractivity contribution in [1.29, 1.82) is 0 Å². The number of carbonyl (C=O) groups is 3. The molecule has 0 heterocycles. The first-order chi connectivity index (χ1) is 29.1. The fourth-order valence-corrected chi connectivity index (χ4v) is 6.36. The van der Waals surface area contributed by atoms with E-state index in [1.165, 1.54) is 51.4 Å². The fourth-order valence-electron chi connectivity index (χ4n) is 6.36. The minimum Gasteiger partial charge on any atom is -0.544 e. The van der Waals surface area contributed by atoms with Gasteiger partial charge in [0.25, 0.3) is 0 Å². The maximum absolute atomic E-state index is 12.7. The van der Waals surface area contributed by atoms with Gasteiger partial charge in [0.1, 0.15) is 12.6 Å². The summed E-state index contributed by atoms with van der Waals surface area (Å²) < 4.78 is 17.2. The topological polar surface area (TPSA) is 102 Å². The Balaban J connectivity index is 4.40. The fraction of sp³-hybridized carbons (Fsp3) is 0.673. The van der Waals surface area contributed by atoms with Gasteiger partial charge in [-0.3, -0.25) is 9.59 Å². The van der Waals surface area contributed by atoms with Crippen LogP contribution in [0.25, 0.3) is 0 Å². The van der Waals surface area contributed by atoms with E-state index < -0.39 is 18.1 Å². The van der Waals surface area contributed by atoms with E-state index in [0.29, 0.717) is 12.8 Å². The normalized spacial score (nSPS) is 13.7. The van der Waals surface area contributed by atoms with Crippen molar-refractivity contribution in [3.8, 4) is 0 Å². The molecule has 0 fully saturated rings. The highest BCUT2D eigenvalue weighted by atomic mass is 16.6. The van der Waals surface area contributed by atoms with Gasteiger partial charge in [0.2, 0.25) is 0 Å². The highest BCUT2D eigenvalue weighted by molar-refractivity contribution is 5.70. The van der Waals surface area contributed by atoms with E-state index in [0.717, 1.165) is 83.5 Å². The van der Waals surface area contributed by atoms with Crippen molar-refractivity contribution in [2.75, 3.05) is 41.0 Å². The van der Waals surface area contributed by atoms with E-state index >= 15 is 0 Å². The van der Waals surface area contributed by atoms with Crippen molar-refractivity contribution in [3.63, 3.8) is 0 Å². The Morgan fingerprint density at radius 3 is 1.40 bits per heavy atom. The lowest BCUT2D eigenvalue weighted by molar-refractivity contribution is -0.889. The number of likely N-dealkylation sites (N-methyl/N-ethyl adjacent to an activating group) is 1. The van der Waals surface area contributed by atoms with E-state index in [-0.39, 0.29) is 49.1 Å². The average Bonchev–Trinajstić information content (AvgIpc) is 3.21. The van der Waals surface area contributed by atoms with Crippen molar-refractivity contribution < 1.29 is 38.2 Å². The zero-order valence-electron chi connectivity index (χ0n) is 38.8. The number of quaternary nitrogens is 1. The number of hydrogen-bond acceptors (Lipinski definition) is 7. The number of carboxylic acid groups (broad SMARTS) is 1. The van der Waals surface area contributed by atoms with Crippen LogP contribution in [0.3, 0.4) is 0 Å². The first kappa shape index (κ1) is 56.5. The predicted molar refractivity (Wildman–Crippen MR) is 249 cm³/mol. The maximum Gasteiger partial charge on any atom is 0.306 e. The Labute approximate surface area is 367 Å². The van der Waals surface area contributed by atoms with Crippen molar-refractivity contribution in [2.24, 2.45) is 0 Å². The van der Waals surface area contributed by atoms with Crippen LogP contribution < -0.4 is 5.11 Å². The molecular formula is C52H87NO7. The molecule has 8 nitrogen and oxygen atoms in total.